The van der Waals surface area contributed by atoms with Crippen molar-refractivity contribution < 1.29 is 0 Å². The molecule has 20 heavy (non-hydrogen) atoms. The summed E-state index contributed by atoms with van der Waals surface area (Å²) in [5.41, 5.74) is 8.54. The number of nitrogen functional groups attached to an aromatic ring is 1. The van der Waals surface area contributed by atoms with Crippen molar-refractivity contribution in [1.29, 1.82) is 5.41 Å². The molecule has 0 spiro atoms. The Labute approximate surface area is 121 Å². The van der Waals surface area contributed by atoms with Crippen LogP contribution in [0.3, 0.4) is 0 Å². The van der Waals surface area contributed by atoms with Crippen molar-refractivity contribution in [3.63, 3.8) is 0 Å². The number of aromatic nitrogens is 1. The van der Waals surface area contributed by atoms with Crippen LogP contribution in [0.15, 0.2) is 6.07 Å². The Balaban J connectivity index is 2.33. The summed E-state index contributed by atoms with van der Waals surface area (Å²) in [6, 6.07) is 2.46. The summed E-state index contributed by atoms with van der Waals surface area (Å²) < 4.78 is 0. The largest absolute Gasteiger partial charge is 0.384 e. The van der Waals surface area contributed by atoms with Crippen molar-refractivity contribution in [1.82, 2.24) is 9.88 Å². The second-order valence-electron chi connectivity index (χ2n) is 5.84. The van der Waals surface area contributed by atoms with Gasteiger partial charge < -0.3 is 15.5 Å². The van der Waals surface area contributed by atoms with E-state index in [1.54, 1.807) is 0 Å². The molecule has 1 fully saturated rings. The third-order valence-corrected chi connectivity index (χ3v) is 4.16. The number of amidine groups is 1. The molecule has 0 radical (unpaired) electrons. The van der Waals surface area contributed by atoms with Gasteiger partial charge in [-0.2, -0.15) is 0 Å². The number of nitrogens with zero attached hydrogens (tertiary/aromatic N) is 3. The first kappa shape index (κ1) is 14.8. The maximum atomic E-state index is 7.83. The number of nitrogens with one attached hydrogen (secondary N) is 1. The van der Waals surface area contributed by atoms with E-state index in [0.717, 1.165) is 48.6 Å². The predicted molar refractivity (Wildman–Crippen MR) is 83.6 cm³/mol. The lowest BCUT2D eigenvalue weighted by atomic mass is 10.0. The topological polar surface area (TPSA) is 69.2 Å². The first-order valence-corrected chi connectivity index (χ1v) is 7.14. The first-order chi connectivity index (χ1) is 9.40. The zero-order valence-corrected chi connectivity index (χ0v) is 12.9. The van der Waals surface area contributed by atoms with Crippen molar-refractivity contribution in [2.75, 3.05) is 32.1 Å². The fourth-order valence-electron chi connectivity index (χ4n) is 2.96. The van der Waals surface area contributed by atoms with Crippen LogP contribution in [0.5, 0.6) is 0 Å². The lowest BCUT2D eigenvalue weighted by molar-refractivity contribution is 0.252. The molecule has 0 aliphatic carbocycles. The summed E-state index contributed by atoms with van der Waals surface area (Å²) in [5, 5.41) is 7.83. The van der Waals surface area contributed by atoms with Gasteiger partial charge in [-0.1, -0.05) is 0 Å². The van der Waals surface area contributed by atoms with Gasteiger partial charge in [-0.25, -0.2) is 4.98 Å². The standard InChI is InChI=1S/C15H25N5/c1-10-9-11(2)18-15(13(10)14(16)17)20(4)12-5-7-19(3)8-6-12/h9,12H,5-8H2,1-4H3,(H3,16,17). The molecule has 1 aliphatic rings. The van der Waals surface area contributed by atoms with Crippen molar-refractivity contribution in [2.45, 2.75) is 32.7 Å². The van der Waals surface area contributed by atoms with Crippen molar-refractivity contribution >= 4 is 11.7 Å². The molecule has 0 bridgehead atoms. The molecule has 0 atom stereocenters. The summed E-state index contributed by atoms with van der Waals surface area (Å²) in [4.78, 5) is 9.21. The minimum atomic E-state index is 0.102. The number of piperidine rings is 1. The van der Waals surface area contributed by atoms with E-state index in [1.807, 2.05) is 19.9 Å². The zero-order chi connectivity index (χ0) is 14.9. The first-order valence-electron chi connectivity index (χ1n) is 7.14. The Bertz CT molecular complexity index is 503. The third kappa shape index (κ3) is 2.93. The number of nitrogens with two attached hydrogens (primary N) is 1. The molecule has 0 aromatic carbocycles. The molecule has 3 N–H and O–H groups in total. The third-order valence-electron chi connectivity index (χ3n) is 4.16. The van der Waals surface area contributed by atoms with Crippen LogP contribution in [-0.2, 0) is 0 Å². The zero-order valence-electron chi connectivity index (χ0n) is 12.9. The molecule has 0 amide bonds. The maximum absolute atomic E-state index is 7.83. The Morgan fingerprint density at radius 2 is 2.00 bits per heavy atom. The Morgan fingerprint density at radius 1 is 1.40 bits per heavy atom. The van der Waals surface area contributed by atoms with Gasteiger partial charge in [-0.3, -0.25) is 5.41 Å². The van der Waals surface area contributed by atoms with Crippen LogP contribution in [0, 0.1) is 19.3 Å². The van der Waals surface area contributed by atoms with Gasteiger partial charge in [0, 0.05) is 18.8 Å². The molecule has 0 saturated carbocycles. The molecule has 0 unspecified atom stereocenters. The number of likely N-dealkylation sites (tertiary alicyclic amines) is 1. The van der Waals surface area contributed by atoms with Gasteiger partial charge in [0.2, 0.25) is 0 Å². The molecular formula is C15H25N5. The highest BCUT2D eigenvalue weighted by molar-refractivity contribution is 6.01. The van der Waals surface area contributed by atoms with Gasteiger partial charge in [0.05, 0.1) is 5.56 Å². The van der Waals surface area contributed by atoms with Gasteiger partial charge in [0.1, 0.15) is 11.7 Å². The minimum absolute atomic E-state index is 0.102. The highest BCUT2D eigenvalue weighted by atomic mass is 15.2. The van der Waals surface area contributed by atoms with Gasteiger partial charge >= 0.3 is 0 Å². The number of rotatable bonds is 3. The Morgan fingerprint density at radius 3 is 2.55 bits per heavy atom. The van der Waals surface area contributed by atoms with Crippen molar-refractivity contribution in [3.05, 3.63) is 22.9 Å². The predicted octanol–water partition coefficient (Wildman–Crippen LogP) is 1.51. The fraction of sp³-hybridized carbons (Fsp3) is 0.600. The van der Waals surface area contributed by atoms with Crippen LogP contribution in [-0.4, -0.2) is 48.9 Å². The van der Waals surface area contributed by atoms with E-state index in [2.05, 4.69) is 28.9 Å². The molecule has 2 rings (SSSR count). The second-order valence-corrected chi connectivity index (χ2v) is 5.84. The number of hydrogen-bond acceptors (Lipinski definition) is 4. The van der Waals surface area contributed by atoms with Gasteiger partial charge in [0.15, 0.2) is 0 Å². The molecular weight excluding hydrogens is 250 g/mol. The van der Waals surface area contributed by atoms with Crippen LogP contribution < -0.4 is 10.6 Å². The van der Waals surface area contributed by atoms with Gasteiger partial charge in [-0.05, 0) is 58.5 Å². The number of anilines is 1. The molecule has 1 aliphatic heterocycles. The molecule has 1 aromatic rings. The average molecular weight is 275 g/mol. The van der Waals surface area contributed by atoms with E-state index in [1.165, 1.54) is 0 Å². The summed E-state index contributed by atoms with van der Waals surface area (Å²) in [5.74, 6) is 0.953. The summed E-state index contributed by atoms with van der Waals surface area (Å²) in [7, 11) is 4.23. The highest BCUT2D eigenvalue weighted by Crippen LogP contribution is 2.26. The minimum Gasteiger partial charge on any atom is -0.384 e. The summed E-state index contributed by atoms with van der Waals surface area (Å²) in [6.45, 7) is 6.20. The number of pyridine rings is 1. The number of aryl methyl sites for hydroxylation is 2. The molecule has 110 valence electrons. The normalized spacial score (nSPS) is 17.2. The molecule has 1 saturated heterocycles. The summed E-state index contributed by atoms with van der Waals surface area (Å²) in [6.07, 6.45) is 2.25. The maximum Gasteiger partial charge on any atom is 0.140 e. The van der Waals surface area contributed by atoms with E-state index >= 15 is 0 Å². The molecule has 2 heterocycles. The van der Waals surface area contributed by atoms with Crippen LogP contribution >= 0.6 is 0 Å². The van der Waals surface area contributed by atoms with E-state index in [-0.39, 0.29) is 5.84 Å². The average Bonchev–Trinajstić information content (AvgIpc) is 2.37. The Kier molecular flexibility index (Phi) is 4.28. The molecule has 1 aromatic heterocycles. The Hall–Kier alpha value is -1.62. The second kappa shape index (κ2) is 5.79. The van der Waals surface area contributed by atoms with Crippen LogP contribution in [0.4, 0.5) is 5.82 Å². The van der Waals surface area contributed by atoms with E-state index < -0.39 is 0 Å². The monoisotopic (exact) mass is 275 g/mol. The quantitative estimate of drug-likeness (QED) is 0.648. The van der Waals surface area contributed by atoms with Crippen LogP contribution in [0.25, 0.3) is 0 Å². The number of hydrogen-bond donors (Lipinski definition) is 2. The van der Waals surface area contributed by atoms with Crippen LogP contribution in [0.2, 0.25) is 0 Å². The molecule has 5 heteroatoms. The fourth-order valence-corrected chi connectivity index (χ4v) is 2.96. The van der Waals surface area contributed by atoms with Crippen molar-refractivity contribution in [2.24, 2.45) is 5.73 Å². The molecule has 5 nitrogen and oxygen atoms in total. The van der Waals surface area contributed by atoms with Crippen molar-refractivity contribution in [3.8, 4) is 0 Å². The smallest absolute Gasteiger partial charge is 0.140 e. The highest BCUT2D eigenvalue weighted by Gasteiger charge is 2.24. The lowest BCUT2D eigenvalue weighted by Gasteiger charge is -2.36. The van der Waals surface area contributed by atoms with E-state index in [4.69, 9.17) is 11.1 Å². The van der Waals surface area contributed by atoms with E-state index in [9.17, 15) is 0 Å². The van der Waals surface area contributed by atoms with E-state index in [0.29, 0.717) is 6.04 Å². The van der Waals surface area contributed by atoms with Gasteiger partial charge in [-0.15, -0.1) is 0 Å². The SMILES string of the molecule is Cc1cc(C)c(C(=N)N)c(N(C)C2CCN(C)CC2)n1. The lowest BCUT2D eigenvalue weighted by Crippen LogP contribution is -2.43. The van der Waals surface area contributed by atoms with Crippen LogP contribution in [0.1, 0.15) is 29.7 Å². The summed E-state index contributed by atoms with van der Waals surface area (Å²) >= 11 is 0. The van der Waals surface area contributed by atoms with Gasteiger partial charge in [0.25, 0.3) is 0 Å².